The Kier molecular flexibility index (Phi) is 4.05. The SMILES string of the molecule is Cn1ncc(C(N)=S)c1NS(=O)(=O)Cc1ccccc1. The van der Waals surface area contributed by atoms with Gasteiger partial charge >= 0.3 is 0 Å². The summed E-state index contributed by atoms with van der Waals surface area (Å²) in [7, 11) is -1.95. The molecule has 0 amide bonds. The highest BCUT2D eigenvalue weighted by molar-refractivity contribution is 7.91. The van der Waals surface area contributed by atoms with Crippen molar-refractivity contribution in [1.82, 2.24) is 9.78 Å². The summed E-state index contributed by atoms with van der Waals surface area (Å²) < 4.78 is 28.2. The minimum absolute atomic E-state index is 0.0931. The summed E-state index contributed by atoms with van der Waals surface area (Å²) in [5, 5.41) is 3.95. The Balaban J connectivity index is 2.25. The van der Waals surface area contributed by atoms with Crippen molar-refractivity contribution in [2.75, 3.05) is 4.72 Å². The second kappa shape index (κ2) is 5.59. The molecule has 0 unspecified atom stereocenters. The van der Waals surface area contributed by atoms with Crippen molar-refractivity contribution >= 4 is 33.0 Å². The molecule has 106 valence electrons. The van der Waals surface area contributed by atoms with E-state index in [-0.39, 0.29) is 16.6 Å². The Bertz CT molecular complexity index is 723. The number of rotatable bonds is 5. The largest absolute Gasteiger partial charge is 0.389 e. The van der Waals surface area contributed by atoms with E-state index in [1.54, 1.807) is 31.3 Å². The molecule has 0 aliphatic heterocycles. The Morgan fingerprint density at radius 2 is 2.05 bits per heavy atom. The number of anilines is 1. The Morgan fingerprint density at radius 1 is 1.40 bits per heavy atom. The first kappa shape index (κ1) is 14.5. The predicted octanol–water partition coefficient (Wildman–Crippen LogP) is 0.996. The van der Waals surface area contributed by atoms with Crippen molar-refractivity contribution in [3.63, 3.8) is 0 Å². The molecule has 0 atom stereocenters. The average molecular weight is 310 g/mol. The lowest BCUT2D eigenvalue weighted by molar-refractivity contribution is 0.599. The van der Waals surface area contributed by atoms with E-state index in [4.69, 9.17) is 18.0 Å². The maximum Gasteiger partial charge on any atom is 0.238 e. The van der Waals surface area contributed by atoms with Gasteiger partial charge in [0.2, 0.25) is 10.0 Å². The van der Waals surface area contributed by atoms with E-state index in [9.17, 15) is 8.42 Å². The summed E-state index contributed by atoms with van der Waals surface area (Å²) in [6.45, 7) is 0. The van der Waals surface area contributed by atoms with E-state index >= 15 is 0 Å². The van der Waals surface area contributed by atoms with Gasteiger partial charge in [-0.15, -0.1) is 0 Å². The van der Waals surface area contributed by atoms with Gasteiger partial charge in [-0.1, -0.05) is 42.5 Å². The Labute approximate surface area is 122 Å². The number of thiocarbonyl (C=S) groups is 1. The number of aryl methyl sites for hydroxylation is 1. The lowest BCUT2D eigenvalue weighted by Gasteiger charge is -2.10. The summed E-state index contributed by atoms with van der Waals surface area (Å²) in [4.78, 5) is 0.0931. The van der Waals surface area contributed by atoms with Crippen LogP contribution in [0.3, 0.4) is 0 Å². The number of nitrogens with zero attached hydrogens (tertiary/aromatic N) is 2. The van der Waals surface area contributed by atoms with Gasteiger partial charge in [0.1, 0.15) is 10.8 Å². The molecule has 1 heterocycles. The van der Waals surface area contributed by atoms with E-state index in [1.807, 2.05) is 6.07 Å². The standard InChI is InChI=1S/C12H14N4O2S2/c1-16-12(10(7-14-16)11(13)19)15-20(17,18)8-9-5-3-2-4-6-9/h2-7,15H,8H2,1H3,(H2,13,19). The summed E-state index contributed by atoms with van der Waals surface area (Å²) >= 11 is 4.87. The zero-order valence-corrected chi connectivity index (χ0v) is 12.4. The molecule has 0 radical (unpaired) electrons. The Hall–Kier alpha value is -1.93. The minimum Gasteiger partial charge on any atom is -0.389 e. The van der Waals surface area contributed by atoms with Crippen LogP contribution in [0.4, 0.5) is 5.82 Å². The fourth-order valence-corrected chi connectivity index (χ4v) is 3.11. The summed E-state index contributed by atoms with van der Waals surface area (Å²) in [5.74, 6) is 0.143. The second-order valence-electron chi connectivity index (χ2n) is 4.24. The number of hydrogen-bond acceptors (Lipinski definition) is 4. The van der Waals surface area contributed by atoms with Crippen LogP contribution in [0.15, 0.2) is 36.5 Å². The zero-order chi connectivity index (χ0) is 14.8. The van der Waals surface area contributed by atoms with Crippen molar-refractivity contribution in [2.45, 2.75) is 5.75 Å². The molecule has 0 aliphatic rings. The number of nitrogens with one attached hydrogen (secondary N) is 1. The molecule has 0 spiro atoms. The van der Waals surface area contributed by atoms with Crippen molar-refractivity contribution in [3.8, 4) is 0 Å². The van der Waals surface area contributed by atoms with E-state index in [0.717, 1.165) is 0 Å². The minimum atomic E-state index is -3.56. The number of nitrogens with two attached hydrogens (primary N) is 1. The van der Waals surface area contributed by atoms with Crippen molar-refractivity contribution in [2.24, 2.45) is 12.8 Å². The quantitative estimate of drug-likeness (QED) is 0.804. The number of benzene rings is 1. The second-order valence-corrected chi connectivity index (χ2v) is 6.40. The third-order valence-electron chi connectivity index (χ3n) is 2.66. The normalized spacial score (nSPS) is 11.2. The first-order valence-electron chi connectivity index (χ1n) is 5.75. The molecule has 2 rings (SSSR count). The first-order valence-corrected chi connectivity index (χ1v) is 7.81. The van der Waals surface area contributed by atoms with Crippen LogP contribution in [0.25, 0.3) is 0 Å². The molecule has 1 aromatic carbocycles. The van der Waals surface area contributed by atoms with Crippen LogP contribution in [-0.4, -0.2) is 23.2 Å². The van der Waals surface area contributed by atoms with E-state index < -0.39 is 10.0 Å². The molecular formula is C12H14N4O2S2. The summed E-state index contributed by atoms with van der Waals surface area (Å²) in [6, 6.07) is 8.90. The van der Waals surface area contributed by atoms with Crippen LogP contribution in [0.2, 0.25) is 0 Å². The first-order chi connectivity index (χ1) is 9.39. The fourth-order valence-electron chi connectivity index (χ4n) is 1.72. The highest BCUT2D eigenvalue weighted by Crippen LogP contribution is 2.17. The maximum atomic E-state index is 12.2. The molecule has 0 saturated heterocycles. The maximum absolute atomic E-state index is 12.2. The Morgan fingerprint density at radius 3 is 2.65 bits per heavy atom. The molecule has 2 aromatic rings. The van der Waals surface area contributed by atoms with Gasteiger partial charge in [0, 0.05) is 7.05 Å². The van der Waals surface area contributed by atoms with Crippen LogP contribution in [0.5, 0.6) is 0 Å². The van der Waals surface area contributed by atoms with Crippen molar-refractivity contribution < 1.29 is 8.42 Å². The van der Waals surface area contributed by atoms with Crippen LogP contribution in [0, 0.1) is 0 Å². The highest BCUT2D eigenvalue weighted by Gasteiger charge is 2.18. The molecule has 1 aromatic heterocycles. The van der Waals surface area contributed by atoms with Gasteiger partial charge in [-0.3, -0.25) is 9.40 Å². The van der Waals surface area contributed by atoms with E-state index in [2.05, 4.69) is 9.82 Å². The van der Waals surface area contributed by atoms with Gasteiger partial charge in [0.05, 0.1) is 17.5 Å². The van der Waals surface area contributed by atoms with Crippen LogP contribution in [0.1, 0.15) is 11.1 Å². The van der Waals surface area contributed by atoms with E-state index in [1.165, 1.54) is 10.9 Å². The fraction of sp³-hybridized carbons (Fsp3) is 0.167. The predicted molar refractivity (Wildman–Crippen MR) is 81.8 cm³/mol. The third-order valence-corrected chi connectivity index (χ3v) is 4.09. The van der Waals surface area contributed by atoms with Crippen LogP contribution in [-0.2, 0) is 22.8 Å². The molecular weight excluding hydrogens is 296 g/mol. The van der Waals surface area contributed by atoms with Crippen LogP contribution >= 0.6 is 12.2 Å². The van der Waals surface area contributed by atoms with E-state index in [0.29, 0.717) is 11.1 Å². The van der Waals surface area contributed by atoms with Crippen molar-refractivity contribution in [3.05, 3.63) is 47.7 Å². The smallest absolute Gasteiger partial charge is 0.238 e. The third kappa shape index (κ3) is 3.34. The monoisotopic (exact) mass is 310 g/mol. The summed E-state index contributed by atoms with van der Waals surface area (Å²) in [5.41, 5.74) is 6.64. The molecule has 0 fully saturated rings. The van der Waals surface area contributed by atoms with Gasteiger partial charge in [0.15, 0.2) is 0 Å². The summed E-state index contributed by atoms with van der Waals surface area (Å²) in [6.07, 6.45) is 1.43. The molecule has 0 aliphatic carbocycles. The molecule has 8 heteroatoms. The molecule has 0 bridgehead atoms. The lowest BCUT2D eigenvalue weighted by atomic mass is 10.2. The van der Waals surface area contributed by atoms with Gasteiger partial charge in [-0.2, -0.15) is 5.10 Å². The van der Waals surface area contributed by atoms with Gasteiger partial charge in [-0.25, -0.2) is 8.42 Å². The zero-order valence-electron chi connectivity index (χ0n) is 10.8. The molecule has 0 saturated carbocycles. The molecule has 6 nitrogen and oxygen atoms in total. The topological polar surface area (TPSA) is 90.0 Å². The van der Waals surface area contributed by atoms with Gasteiger partial charge in [0.25, 0.3) is 0 Å². The number of aromatic nitrogens is 2. The molecule has 3 N–H and O–H groups in total. The number of hydrogen-bond donors (Lipinski definition) is 2. The highest BCUT2D eigenvalue weighted by atomic mass is 32.2. The van der Waals surface area contributed by atoms with Gasteiger partial charge < -0.3 is 5.73 Å². The molecule has 20 heavy (non-hydrogen) atoms. The lowest BCUT2D eigenvalue weighted by Crippen LogP contribution is -2.20. The number of sulfonamides is 1. The average Bonchev–Trinajstić information content (AvgIpc) is 2.71. The van der Waals surface area contributed by atoms with Crippen molar-refractivity contribution in [1.29, 1.82) is 0 Å². The van der Waals surface area contributed by atoms with Crippen LogP contribution < -0.4 is 10.5 Å². The van der Waals surface area contributed by atoms with Gasteiger partial charge in [-0.05, 0) is 5.56 Å².